The van der Waals surface area contributed by atoms with Crippen LogP contribution in [0.25, 0.3) is 0 Å². The van der Waals surface area contributed by atoms with E-state index in [1.165, 1.54) is 16.7 Å². The Bertz CT molecular complexity index is 941. The average molecular weight is 371 g/mol. The number of hydrogen-bond donors (Lipinski definition) is 0. The van der Waals surface area contributed by atoms with Gasteiger partial charge in [0.25, 0.3) is 0 Å². The van der Waals surface area contributed by atoms with Crippen molar-refractivity contribution in [3.05, 3.63) is 95.6 Å². The predicted octanol–water partition coefficient (Wildman–Crippen LogP) is 5.07. The largest absolute Gasteiger partial charge is 0.497 e. The average Bonchev–Trinajstić information content (AvgIpc) is 3.15. The zero-order valence-electron chi connectivity index (χ0n) is 16.1. The van der Waals surface area contributed by atoms with Crippen LogP contribution in [0.5, 0.6) is 11.5 Å². The molecule has 5 rings (SSSR count). The molecule has 0 amide bonds. The first-order chi connectivity index (χ1) is 13.8. The van der Waals surface area contributed by atoms with Crippen LogP contribution >= 0.6 is 0 Å². The number of hydrogen-bond acceptors (Lipinski definition) is 3. The van der Waals surface area contributed by atoms with Crippen molar-refractivity contribution in [2.24, 2.45) is 5.92 Å². The van der Waals surface area contributed by atoms with Gasteiger partial charge in [-0.15, -0.1) is 0 Å². The Morgan fingerprint density at radius 1 is 0.964 bits per heavy atom. The quantitative estimate of drug-likeness (QED) is 0.639. The zero-order chi connectivity index (χ0) is 18.9. The number of methoxy groups -OCH3 is 1. The van der Waals surface area contributed by atoms with Crippen molar-refractivity contribution in [3.8, 4) is 11.5 Å². The highest BCUT2D eigenvalue weighted by Gasteiger charge is 2.45. The highest BCUT2D eigenvalue weighted by Crippen LogP contribution is 2.49. The zero-order valence-corrected chi connectivity index (χ0v) is 16.1. The summed E-state index contributed by atoms with van der Waals surface area (Å²) in [5.74, 6) is 2.63. The van der Waals surface area contributed by atoms with E-state index in [-0.39, 0.29) is 6.23 Å². The number of benzene rings is 3. The number of ether oxygens (including phenoxy) is 2. The maximum atomic E-state index is 6.56. The van der Waals surface area contributed by atoms with E-state index in [0.717, 1.165) is 31.0 Å². The van der Waals surface area contributed by atoms with E-state index in [2.05, 4.69) is 77.7 Å². The molecule has 3 aromatic rings. The summed E-state index contributed by atoms with van der Waals surface area (Å²) in [6.45, 7) is 1.98. The van der Waals surface area contributed by atoms with Gasteiger partial charge in [-0.2, -0.15) is 0 Å². The summed E-state index contributed by atoms with van der Waals surface area (Å²) in [5.41, 5.74) is 3.94. The maximum absolute atomic E-state index is 6.56. The third-order valence-electron chi connectivity index (χ3n) is 6.09. The van der Waals surface area contributed by atoms with Crippen LogP contribution in [0.15, 0.2) is 78.9 Å². The molecule has 0 aliphatic carbocycles. The minimum atomic E-state index is 0.103. The molecule has 0 N–H and O–H groups in total. The van der Waals surface area contributed by atoms with Gasteiger partial charge in [0, 0.05) is 30.5 Å². The third kappa shape index (κ3) is 3.06. The standard InChI is InChI=1S/C25H25NO2/c1-27-20-12-13-23-22(16-20)24(19-10-6-3-7-11-19)21-14-15-26(25(21)28-23)17-18-8-4-2-5-9-18/h2-13,16,21,24-25H,14-15,17H2,1H3/t21-,24-,25+/m1/s1. The fourth-order valence-corrected chi connectivity index (χ4v) is 4.79. The summed E-state index contributed by atoms with van der Waals surface area (Å²) in [6, 6.07) is 27.8. The van der Waals surface area contributed by atoms with Crippen molar-refractivity contribution < 1.29 is 9.47 Å². The monoisotopic (exact) mass is 371 g/mol. The van der Waals surface area contributed by atoms with Gasteiger partial charge < -0.3 is 9.47 Å². The highest BCUT2D eigenvalue weighted by molar-refractivity contribution is 5.49. The van der Waals surface area contributed by atoms with E-state index in [9.17, 15) is 0 Å². The molecular weight excluding hydrogens is 346 g/mol. The number of nitrogens with zero attached hydrogens (tertiary/aromatic N) is 1. The highest BCUT2D eigenvalue weighted by atomic mass is 16.5. The first-order valence-electron chi connectivity index (χ1n) is 10.0. The van der Waals surface area contributed by atoms with Gasteiger partial charge in [-0.1, -0.05) is 60.7 Å². The van der Waals surface area contributed by atoms with Gasteiger partial charge in [-0.25, -0.2) is 0 Å². The minimum Gasteiger partial charge on any atom is -0.497 e. The van der Waals surface area contributed by atoms with Crippen molar-refractivity contribution in [2.45, 2.75) is 25.1 Å². The fourth-order valence-electron chi connectivity index (χ4n) is 4.79. The molecular formula is C25H25NO2. The third-order valence-corrected chi connectivity index (χ3v) is 6.09. The van der Waals surface area contributed by atoms with Gasteiger partial charge in [0.2, 0.25) is 0 Å². The molecule has 0 radical (unpaired) electrons. The Labute approximate surface area is 166 Å². The van der Waals surface area contributed by atoms with Gasteiger partial charge in [-0.3, -0.25) is 4.90 Å². The second-order valence-electron chi connectivity index (χ2n) is 7.71. The normalized spacial score (nSPS) is 23.5. The lowest BCUT2D eigenvalue weighted by Crippen LogP contribution is -2.42. The molecule has 1 fully saturated rings. The van der Waals surface area contributed by atoms with E-state index < -0.39 is 0 Å². The smallest absolute Gasteiger partial charge is 0.156 e. The lowest BCUT2D eigenvalue weighted by molar-refractivity contribution is 0.00770. The van der Waals surface area contributed by atoms with Crippen LogP contribution in [0.3, 0.4) is 0 Å². The molecule has 3 heteroatoms. The number of likely N-dealkylation sites (tertiary alicyclic amines) is 1. The van der Waals surface area contributed by atoms with Crippen molar-refractivity contribution in [1.29, 1.82) is 0 Å². The molecule has 3 atom stereocenters. The van der Waals surface area contributed by atoms with Crippen LogP contribution in [0, 0.1) is 5.92 Å². The van der Waals surface area contributed by atoms with Crippen molar-refractivity contribution >= 4 is 0 Å². The Hall–Kier alpha value is -2.78. The van der Waals surface area contributed by atoms with Gasteiger partial charge in [0.15, 0.2) is 6.23 Å². The lowest BCUT2D eigenvalue weighted by atomic mass is 9.77. The molecule has 0 aromatic heterocycles. The Kier molecular flexibility index (Phi) is 4.53. The van der Waals surface area contributed by atoms with Crippen LogP contribution in [0.4, 0.5) is 0 Å². The molecule has 3 aromatic carbocycles. The fraction of sp³-hybridized carbons (Fsp3) is 0.280. The van der Waals surface area contributed by atoms with Crippen molar-refractivity contribution in [2.75, 3.05) is 13.7 Å². The first-order valence-corrected chi connectivity index (χ1v) is 10.0. The topological polar surface area (TPSA) is 21.7 Å². The molecule has 2 aliphatic heterocycles. The Balaban J connectivity index is 1.53. The Morgan fingerprint density at radius 3 is 2.46 bits per heavy atom. The summed E-state index contributed by atoms with van der Waals surface area (Å²) in [4.78, 5) is 2.49. The van der Waals surface area contributed by atoms with Crippen molar-refractivity contribution in [1.82, 2.24) is 4.90 Å². The van der Waals surface area contributed by atoms with Gasteiger partial charge in [0.05, 0.1) is 7.11 Å². The van der Waals surface area contributed by atoms with E-state index >= 15 is 0 Å². The van der Waals surface area contributed by atoms with E-state index in [1.807, 2.05) is 6.07 Å². The number of fused-ring (bicyclic) bond motifs is 2. The van der Waals surface area contributed by atoms with E-state index in [0.29, 0.717) is 11.8 Å². The summed E-state index contributed by atoms with van der Waals surface area (Å²) >= 11 is 0. The van der Waals surface area contributed by atoms with Gasteiger partial charge in [0.1, 0.15) is 11.5 Å². The molecule has 2 aliphatic rings. The molecule has 0 spiro atoms. The molecule has 0 saturated carbocycles. The lowest BCUT2D eigenvalue weighted by Gasteiger charge is -2.39. The van der Waals surface area contributed by atoms with Gasteiger partial charge >= 0.3 is 0 Å². The summed E-state index contributed by atoms with van der Waals surface area (Å²) in [7, 11) is 1.73. The number of rotatable bonds is 4. The van der Waals surface area contributed by atoms with Crippen LogP contribution in [0.1, 0.15) is 29.0 Å². The molecule has 1 saturated heterocycles. The van der Waals surface area contributed by atoms with E-state index in [4.69, 9.17) is 9.47 Å². The molecule has 0 bridgehead atoms. The SMILES string of the molecule is COc1ccc2c(c1)[C@H](c1ccccc1)[C@H]1CCN(Cc3ccccc3)[C@H]1O2. The molecule has 0 unspecified atom stereocenters. The maximum Gasteiger partial charge on any atom is 0.156 e. The summed E-state index contributed by atoms with van der Waals surface area (Å²) in [6.07, 6.45) is 1.24. The minimum absolute atomic E-state index is 0.103. The van der Waals surface area contributed by atoms with Crippen LogP contribution in [-0.4, -0.2) is 24.8 Å². The molecule has 28 heavy (non-hydrogen) atoms. The summed E-state index contributed by atoms with van der Waals surface area (Å²) < 4.78 is 12.1. The summed E-state index contributed by atoms with van der Waals surface area (Å²) in [5, 5.41) is 0. The Morgan fingerprint density at radius 2 is 1.71 bits per heavy atom. The second-order valence-corrected chi connectivity index (χ2v) is 7.71. The van der Waals surface area contributed by atoms with Crippen molar-refractivity contribution in [3.63, 3.8) is 0 Å². The molecule has 2 heterocycles. The second kappa shape index (κ2) is 7.33. The van der Waals surface area contributed by atoms with Crippen LogP contribution < -0.4 is 9.47 Å². The van der Waals surface area contributed by atoms with E-state index in [1.54, 1.807) is 7.11 Å². The van der Waals surface area contributed by atoms with Crippen LogP contribution in [0.2, 0.25) is 0 Å². The molecule has 3 nitrogen and oxygen atoms in total. The predicted molar refractivity (Wildman–Crippen MR) is 111 cm³/mol. The van der Waals surface area contributed by atoms with Gasteiger partial charge in [-0.05, 0) is 35.7 Å². The first kappa shape index (κ1) is 17.3. The molecule has 142 valence electrons. The van der Waals surface area contributed by atoms with Crippen LogP contribution in [-0.2, 0) is 6.54 Å².